The van der Waals surface area contributed by atoms with Crippen LogP contribution < -0.4 is 5.32 Å². The number of carbonyl (C=O) groups excluding carboxylic acids is 2. The maximum absolute atomic E-state index is 13.0. The third kappa shape index (κ3) is 4.51. The van der Waals surface area contributed by atoms with Gasteiger partial charge in [0.15, 0.2) is 0 Å². The molecule has 32 heavy (non-hydrogen) atoms. The predicted molar refractivity (Wildman–Crippen MR) is 118 cm³/mol. The Kier molecular flexibility index (Phi) is 5.98. The van der Waals surface area contributed by atoms with E-state index in [2.05, 4.69) is 10.4 Å². The highest BCUT2D eigenvalue weighted by atomic mass is 16.6. The number of rotatable bonds is 6. The van der Waals surface area contributed by atoms with E-state index < -0.39 is 11.0 Å². The van der Waals surface area contributed by atoms with Gasteiger partial charge in [-0.15, -0.1) is 0 Å². The lowest BCUT2D eigenvalue weighted by atomic mass is 10.1. The van der Waals surface area contributed by atoms with Crippen LogP contribution >= 0.6 is 0 Å². The lowest BCUT2D eigenvalue weighted by molar-refractivity contribution is -0.385. The summed E-state index contributed by atoms with van der Waals surface area (Å²) in [6.45, 7) is 2.65. The van der Waals surface area contributed by atoms with E-state index in [0.717, 1.165) is 12.0 Å². The van der Waals surface area contributed by atoms with Crippen LogP contribution in [0, 0.1) is 17.0 Å². The minimum absolute atomic E-state index is 0.0349. The molecule has 2 aromatic carbocycles. The van der Waals surface area contributed by atoms with Crippen molar-refractivity contribution >= 4 is 23.2 Å². The van der Waals surface area contributed by atoms with Crippen LogP contribution in [-0.2, 0) is 11.3 Å². The fraction of sp³-hybridized carbons (Fsp3) is 0.261. The van der Waals surface area contributed by atoms with Crippen molar-refractivity contribution in [3.8, 4) is 0 Å². The number of benzene rings is 2. The number of nitro benzene ring substituents is 1. The number of hydrogen-bond donors (Lipinski definition) is 1. The Balaban J connectivity index is 1.46. The van der Waals surface area contributed by atoms with Crippen molar-refractivity contribution in [2.24, 2.45) is 0 Å². The molecule has 9 nitrogen and oxygen atoms in total. The highest BCUT2D eigenvalue weighted by Crippen LogP contribution is 2.25. The second kappa shape index (κ2) is 9.01. The third-order valence-electron chi connectivity index (χ3n) is 5.56. The first kappa shape index (κ1) is 21.2. The van der Waals surface area contributed by atoms with E-state index in [1.165, 1.54) is 18.2 Å². The zero-order chi connectivity index (χ0) is 22.7. The Morgan fingerprint density at radius 2 is 2.06 bits per heavy atom. The first-order valence-electron chi connectivity index (χ1n) is 10.4. The monoisotopic (exact) mass is 433 g/mol. The van der Waals surface area contributed by atoms with Gasteiger partial charge in [0.25, 0.3) is 11.6 Å². The highest BCUT2D eigenvalue weighted by Gasteiger charge is 2.35. The fourth-order valence-electron chi connectivity index (χ4n) is 4.00. The molecule has 1 fully saturated rings. The molecule has 2 heterocycles. The van der Waals surface area contributed by atoms with Crippen LogP contribution in [0.1, 0.15) is 34.3 Å². The van der Waals surface area contributed by atoms with E-state index in [1.54, 1.807) is 22.7 Å². The van der Waals surface area contributed by atoms with Crippen molar-refractivity contribution in [2.45, 2.75) is 32.4 Å². The third-order valence-corrected chi connectivity index (χ3v) is 5.56. The molecule has 1 aliphatic heterocycles. The van der Waals surface area contributed by atoms with Crippen molar-refractivity contribution in [1.82, 2.24) is 14.7 Å². The molecule has 1 atom stereocenters. The molecule has 1 aromatic heterocycles. The fourth-order valence-corrected chi connectivity index (χ4v) is 4.00. The van der Waals surface area contributed by atoms with Gasteiger partial charge in [-0.2, -0.15) is 5.10 Å². The topological polar surface area (TPSA) is 110 Å². The maximum atomic E-state index is 13.0. The van der Waals surface area contributed by atoms with Gasteiger partial charge in [-0.1, -0.05) is 12.1 Å². The summed E-state index contributed by atoms with van der Waals surface area (Å²) in [6.07, 6.45) is 4.86. The molecule has 0 saturated carbocycles. The largest absolute Gasteiger partial charge is 0.327 e. The average molecular weight is 433 g/mol. The number of nitrogens with one attached hydrogen (secondary N) is 1. The predicted octanol–water partition coefficient (Wildman–Crippen LogP) is 3.39. The minimum Gasteiger partial charge on any atom is -0.327 e. The quantitative estimate of drug-likeness (QED) is 0.473. The molecule has 0 spiro atoms. The number of amides is 2. The summed E-state index contributed by atoms with van der Waals surface area (Å²) in [7, 11) is 0. The van der Waals surface area contributed by atoms with Crippen LogP contribution in [0.25, 0.3) is 0 Å². The summed E-state index contributed by atoms with van der Waals surface area (Å²) >= 11 is 0. The van der Waals surface area contributed by atoms with Crippen LogP contribution in [0.15, 0.2) is 60.9 Å². The van der Waals surface area contributed by atoms with Gasteiger partial charge in [-0.25, -0.2) is 0 Å². The van der Waals surface area contributed by atoms with Crippen LogP contribution in [0.4, 0.5) is 11.4 Å². The molecule has 1 N–H and O–H groups in total. The first-order chi connectivity index (χ1) is 15.4. The first-order valence-corrected chi connectivity index (χ1v) is 10.4. The lowest BCUT2D eigenvalue weighted by Gasteiger charge is -2.24. The van der Waals surface area contributed by atoms with Crippen LogP contribution in [-0.4, -0.2) is 44.0 Å². The molecule has 4 rings (SSSR count). The standard InChI is InChI=1S/C23H23N5O4/c1-16-13-18(8-9-20(16)28(31)32)23(30)27-12-3-7-21(27)22(29)25-19-6-2-5-17(14-19)15-26-11-4-10-24-26/h2,4-6,8-11,13-14,21H,3,7,12,15H2,1H3,(H,25,29). The van der Waals surface area contributed by atoms with E-state index in [4.69, 9.17) is 0 Å². The number of aryl methyl sites for hydroxylation is 1. The zero-order valence-electron chi connectivity index (χ0n) is 17.6. The SMILES string of the molecule is Cc1cc(C(=O)N2CCCC2C(=O)Nc2cccc(Cn3cccn3)c2)ccc1[N+](=O)[O-]. The van der Waals surface area contributed by atoms with Crippen molar-refractivity contribution in [3.63, 3.8) is 0 Å². The molecule has 1 saturated heterocycles. The minimum atomic E-state index is -0.590. The Hall–Kier alpha value is -4.01. The summed E-state index contributed by atoms with van der Waals surface area (Å²) in [6, 6.07) is 13.1. The summed E-state index contributed by atoms with van der Waals surface area (Å²) in [5, 5.41) is 18.2. The summed E-state index contributed by atoms with van der Waals surface area (Å²) in [5.41, 5.74) is 2.37. The summed E-state index contributed by atoms with van der Waals surface area (Å²) in [4.78, 5) is 38.1. The van der Waals surface area contributed by atoms with E-state index in [-0.39, 0.29) is 17.5 Å². The van der Waals surface area contributed by atoms with Crippen molar-refractivity contribution < 1.29 is 14.5 Å². The molecule has 0 aliphatic carbocycles. The molecule has 164 valence electrons. The van der Waals surface area contributed by atoms with Gasteiger partial charge in [0.2, 0.25) is 5.91 Å². The van der Waals surface area contributed by atoms with Gasteiger partial charge in [-0.05, 0) is 55.7 Å². The van der Waals surface area contributed by atoms with E-state index in [1.807, 2.05) is 36.5 Å². The van der Waals surface area contributed by atoms with E-state index in [9.17, 15) is 19.7 Å². The van der Waals surface area contributed by atoms with E-state index >= 15 is 0 Å². The molecule has 0 bridgehead atoms. The Morgan fingerprint density at radius 3 is 2.78 bits per heavy atom. The molecule has 1 unspecified atom stereocenters. The highest BCUT2D eigenvalue weighted by molar-refractivity contribution is 6.01. The molecule has 0 radical (unpaired) electrons. The van der Waals surface area contributed by atoms with Crippen LogP contribution in [0.2, 0.25) is 0 Å². The zero-order valence-corrected chi connectivity index (χ0v) is 17.6. The van der Waals surface area contributed by atoms with Gasteiger partial charge in [0, 0.05) is 41.8 Å². The molecular formula is C23H23N5O4. The van der Waals surface area contributed by atoms with Gasteiger partial charge in [0.05, 0.1) is 11.5 Å². The number of aromatic nitrogens is 2. The van der Waals surface area contributed by atoms with E-state index in [0.29, 0.717) is 36.3 Å². The molecule has 9 heteroatoms. The van der Waals surface area contributed by atoms with Gasteiger partial charge in [0.1, 0.15) is 6.04 Å². The molecular weight excluding hydrogens is 410 g/mol. The molecule has 3 aromatic rings. The maximum Gasteiger partial charge on any atom is 0.272 e. The van der Waals surface area contributed by atoms with Gasteiger partial charge >= 0.3 is 0 Å². The summed E-state index contributed by atoms with van der Waals surface area (Å²) in [5.74, 6) is -0.543. The normalized spacial score (nSPS) is 15.5. The number of carbonyl (C=O) groups is 2. The lowest BCUT2D eigenvalue weighted by Crippen LogP contribution is -2.43. The van der Waals surface area contributed by atoms with Crippen LogP contribution in [0.5, 0.6) is 0 Å². The molecule has 2 amide bonds. The summed E-state index contributed by atoms with van der Waals surface area (Å²) < 4.78 is 1.80. The van der Waals surface area contributed by atoms with Crippen molar-refractivity contribution in [1.29, 1.82) is 0 Å². The van der Waals surface area contributed by atoms with Crippen molar-refractivity contribution in [3.05, 3.63) is 87.7 Å². The van der Waals surface area contributed by atoms with Crippen LogP contribution in [0.3, 0.4) is 0 Å². The second-order valence-electron chi connectivity index (χ2n) is 7.81. The van der Waals surface area contributed by atoms with Gasteiger partial charge in [-0.3, -0.25) is 24.4 Å². The number of likely N-dealkylation sites (tertiary alicyclic amines) is 1. The second-order valence-corrected chi connectivity index (χ2v) is 7.81. The average Bonchev–Trinajstić information content (AvgIpc) is 3.45. The number of nitrogens with zero attached hydrogens (tertiary/aromatic N) is 4. The van der Waals surface area contributed by atoms with Gasteiger partial charge < -0.3 is 10.2 Å². The number of nitro groups is 1. The Bertz CT molecular complexity index is 1160. The Morgan fingerprint density at radius 1 is 1.22 bits per heavy atom. The Labute approximate surface area is 184 Å². The van der Waals surface area contributed by atoms with Crippen molar-refractivity contribution in [2.75, 3.05) is 11.9 Å². The molecule has 1 aliphatic rings. The number of hydrogen-bond acceptors (Lipinski definition) is 5. The number of anilines is 1. The smallest absolute Gasteiger partial charge is 0.272 e.